The van der Waals surface area contributed by atoms with Crippen LogP contribution in [-0.2, 0) is 11.2 Å². The molecular formula is C20H25NO2. The van der Waals surface area contributed by atoms with Crippen molar-refractivity contribution in [3.63, 3.8) is 0 Å². The van der Waals surface area contributed by atoms with Gasteiger partial charge in [-0.25, -0.2) is 0 Å². The molecule has 0 aliphatic carbocycles. The van der Waals surface area contributed by atoms with Crippen LogP contribution in [0.1, 0.15) is 42.1 Å². The summed E-state index contributed by atoms with van der Waals surface area (Å²) >= 11 is 0. The van der Waals surface area contributed by atoms with Gasteiger partial charge in [0, 0.05) is 0 Å². The Bertz CT molecular complexity index is 662. The number of nitrogens with one attached hydrogen (secondary N) is 1. The molecule has 0 fully saturated rings. The maximum Gasteiger partial charge on any atom is 0.258 e. The zero-order valence-electron chi connectivity index (χ0n) is 14.3. The highest BCUT2D eigenvalue weighted by Crippen LogP contribution is 2.19. The molecule has 1 atom stereocenters. The summed E-state index contributed by atoms with van der Waals surface area (Å²) in [6.07, 6.45) is 0.994. The van der Waals surface area contributed by atoms with E-state index in [-0.39, 0.29) is 18.6 Å². The van der Waals surface area contributed by atoms with Gasteiger partial charge >= 0.3 is 0 Å². The Kier molecular flexibility index (Phi) is 5.80. The topological polar surface area (TPSA) is 38.3 Å². The second-order valence-electron chi connectivity index (χ2n) is 5.94. The highest BCUT2D eigenvalue weighted by atomic mass is 16.5. The van der Waals surface area contributed by atoms with Crippen molar-refractivity contribution < 1.29 is 9.53 Å². The highest BCUT2D eigenvalue weighted by Gasteiger charge is 2.12. The third kappa shape index (κ3) is 4.85. The Morgan fingerprint density at radius 3 is 2.48 bits per heavy atom. The molecule has 0 unspecified atom stereocenters. The average Bonchev–Trinajstić information content (AvgIpc) is 2.55. The zero-order chi connectivity index (χ0) is 16.8. The summed E-state index contributed by atoms with van der Waals surface area (Å²) in [5.41, 5.74) is 4.77. The molecular weight excluding hydrogens is 286 g/mol. The van der Waals surface area contributed by atoms with E-state index in [4.69, 9.17) is 4.74 Å². The van der Waals surface area contributed by atoms with Crippen molar-refractivity contribution in [1.82, 2.24) is 5.32 Å². The SMILES string of the molecule is CCc1ccc(OCC(=O)N[C@H](C)c2cc(C)ccc2C)cc1. The van der Waals surface area contributed by atoms with E-state index in [1.54, 1.807) is 0 Å². The van der Waals surface area contributed by atoms with Crippen LogP contribution >= 0.6 is 0 Å². The highest BCUT2D eigenvalue weighted by molar-refractivity contribution is 5.78. The second-order valence-corrected chi connectivity index (χ2v) is 5.94. The summed E-state index contributed by atoms with van der Waals surface area (Å²) in [7, 11) is 0. The van der Waals surface area contributed by atoms with E-state index < -0.39 is 0 Å². The third-order valence-electron chi connectivity index (χ3n) is 3.98. The van der Waals surface area contributed by atoms with E-state index in [0.29, 0.717) is 0 Å². The number of carbonyl (C=O) groups is 1. The van der Waals surface area contributed by atoms with E-state index in [1.807, 2.05) is 31.2 Å². The molecule has 2 aromatic rings. The lowest BCUT2D eigenvalue weighted by molar-refractivity contribution is -0.123. The van der Waals surface area contributed by atoms with Gasteiger partial charge in [0.05, 0.1) is 6.04 Å². The van der Waals surface area contributed by atoms with Crippen molar-refractivity contribution in [3.05, 3.63) is 64.7 Å². The molecule has 0 heterocycles. The van der Waals surface area contributed by atoms with Crippen LogP contribution in [0, 0.1) is 13.8 Å². The Balaban J connectivity index is 1.89. The van der Waals surface area contributed by atoms with Crippen LogP contribution in [0.3, 0.4) is 0 Å². The number of ether oxygens (including phenoxy) is 1. The lowest BCUT2D eigenvalue weighted by Gasteiger charge is -2.17. The molecule has 3 nitrogen and oxygen atoms in total. The van der Waals surface area contributed by atoms with Gasteiger partial charge in [-0.1, -0.05) is 42.8 Å². The molecule has 3 heteroatoms. The zero-order valence-corrected chi connectivity index (χ0v) is 14.3. The van der Waals surface area contributed by atoms with Gasteiger partial charge in [-0.15, -0.1) is 0 Å². The van der Waals surface area contributed by atoms with Gasteiger partial charge in [0.2, 0.25) is 0 Å². The van der Waals surface area contributed by atoms with Crippen molar-refractivity contribution >= 4 is 5.91 Å². The second kappa shape index (κ2) is 7.82. The summed E-state index contributed by atoms with van der Waals surface area (Å²) in [5.74, 6) is 0.606. The van der Waals surface area contributed by atoms with E-state index in [0.717, 1.165) is 17.7 Å². The Labute approximate surface area is 138 Å². The molecule has 1 amide bonds. The van der Waals surface area contributed by atoms with Crippen molar-refractivity contribution in [3.8, 4) is 5.75 Å². The van der Waals surface area contributed by atoms with Gasteiger partial charge in [0.15, 0.2) is 6.61 Å². The summed E-state index contributed by atoms with van der Waals surface area (Å²) in [6.45, 7) is 8.25. The first kappa shape index (κ1) is 17.1. The maximum atomic E-state index is 12.1. The number of hydrogen-bond donors (Lipinski definition) is 1. The van der Waals surface area contributed by atoms with Crippen LogP contribution in [0.4, 0.5) is 0 Å². The third-order valence-corrected chi connectivity index (χ3v) is 3.98. The standard InChI is InChI=1S/C20H25NO2/c1-5-17-8-10-18(11-9-17)23-13-20(22)21-16(4)19-12-14(2)6-7-15(19)3/h6-12,16H,5,13H2,1-4H3,(H,21,22)/t16-/m1/s1. The molecule has 0 bridgehead atoms. The van der Waals surface area contributed by atoms with Crippen molar-refractivity contribution in [2.45, 2.75) is 40.2 Å². The fourth-order valence-electron chi connectivity index (χ4n) is 2.56. The lowest BCUT2D eigenvalue weighted by Crippen LogP contribution is -2.31. The van der Waals surface area contributed by atoms with Gasteiger partial charge in [-0.05, 0) is 56.0 Å². The van der Waals surface area contributed by atoms with Crippen LogP contribution < -0.4 is 10.1 Å². The summed E-state index contributed by atoms with van der Waals surface area (Å²) in [4.78, 5) is 12.1. The van der Waals surface area contributed by atoms with Gasteiger partial charge in [-0.2, -0.15) is 0 Å². The number of aryl methyl sites for hydroxylation is 3. The number of rotatable bonds is 6. The van der Waals surface area contributed by atoms with Crippen LogP contribution in [-0.4, -0.2) is 12.5 Å². The molecule has 0 radical (unpaired) electrons. The molecule has 0 aromatic heterocycles. The van der Waals surface area contributed by atoms with Crippen LogP contribution in [0.5, 0.6) is 5.75 Å². The van der Waals surface area contributed by atoms with Gasteiger partial charge in [-0.3, -0.25) is 4.79 Å². The first-order valence-corrected chi connectivity index (χ1v) is 8.08. The van der Waals surface area contributed by atoms with Crippen LogP contribution in [0.2, 0.25) is 0 Å². The Morgan fingerprint density at radius 2 is 1.83 bits per heavy atom. The number of amides is 1. The number of carbonyl (C=O) groups excluding carboxylic acids is 1. The fourth-order valence-corrected chi connectivity index (χ4v) is 2.56. The van der Waals surface area contributed by atoms with Gasteiger partial charge in [0.25, 0.3) is 5.91 Å². The first-order valence-electron chi connectivity index (χ1n) is 8.08. The largest absolute Gasteiger partial charge is 0.484 e. The van der Waals surface area contributed by atoms with Crippen molar-refractivity contribution in [2.24, 2.45) is 0 Å². The van der Waals surface area contributed by atoms with E-state index in [2.05, 4.69) is 44.3 Å². The fraction of sp³-hybridized carbons (Fsp3) is 0.350. The molecule has 0 aliphatic heterocycles. The monoisotopic (exact) mass is 311 g/mol. The van der Waals surface area contributed by atoms with E-state index >= 15 is 0 Å². The first-order chi connectivity index (χ1) is 11.0. The van der Waals surface area contributed by atoms with Gasteiger partial charge < -0.3 is 10.1 Å². The maximum absolute atomic E-state index is 12.1. The average molecular weight is 311 g/mol. The van der Waals surface area contributed by atoms with Crippen molar-refractivity contribution in [1.29, 1.82) is 0 Å². The molecule has 2 rings (SSSR count). The summed E-state index contributed by atoms with van der Waals surface area (Å²) in [6, 6.07) is 14.1. The number of benzene rings is 2. The molecule has 122 valence electrons. The van der Waals surface area contributed by atoms with Gasteiger partial charge in [0.1, 0.15) is 5.75 Å². The molecule has 0 spiro atoms. The van der Waals surface area contributed by atoms with Crippen LogP contribution in [0.15, 0.2) is 42.5 Å². The minimum Gasteiger partial charge on any atom is -0.484 e. The molecule has 0 aliphatic rings. The molecule has 2 aromatic carbocycles. The predicted octanol–water partition coefficient (Wildman–Crippen LogP) is 4.12. The Morgan fingerprint density at radius 1 is 1.13 bits per heavy atom. The minimum absolute atomic E-state index is 0.0284. The number of hydrogen-bond acceptors (Lipinski definition) is 2. The molecule has 1 N–H and O–H groups in total. The van der Waals surface area contributed by atoms with Crippen molar-refractivity contribution in [2.75, 3.05) is 6.61 Å². The molecule has 0 saturated carbocycles. The Hall–Kier alpha value is -2.29. The van der Waals surface area contributed by atoms with E-state index in [9.17, 15) is 4.79 Å². The smallest absolute Gasteiger partial charge is 0.258 e. The quantitative estimate of drug-likeness (QED) is 0.871. The van der Waals surface area contributed by atoms with E-state index in [1.165, 1.54) is 16.7 Å². The normalized spacial score (nSPS) is 11.8. The van der Waals surface area contributed by atoms with Crippen LogP contribution in [0.25, 0.3) is 0 Å². The lowest BCUT2D eigenvalue weighted by atomic mass is 10.00. The predicted molar refractivity (Wildman–Crippen MR) is 93.8 cm³/mol. The summed E-state index contributed by atoms with van der Waals surface area (Å²) < 4.78 is 5.55. The molecule has 23 heavy (non-hydrogen) atoms. The molecule has 0 saturated heterocycles. The minimum atomic E-state index is -0.113. The summed E-state index contributed by atoms with van der Waals surface area (Å²) in [5, 5.41) is 2.99.